The third-order valence-corrected chi connectivity index (χ3v) is 4.68. The van der Waals surface area contributed by atoms with Gasteiger partial charge in [-0.15, -0.1) is 0 Å². The van der Waals surface area contributed by atoms with Gasteiger partial charge in [0.15, 0.2) is 0 Å². The average molecular weight is 354 g/mol. The second-order valence-electron chi connectivity index (χ2n) is 5.33. The third kappa shape index (κ3) is 3.77. The van der Waals surface area contributed by atoms with Crippen LogP contribution in [0.25, 0.3) is 0 Å². The van der Waals surface area contributed by atoms with Crippen molar-refractivity contribution in [3.63, 3.8) is 0 Å². The number of carbonyl (C=O) groups is 1. The van der Waals surface area contributed by atoms with Gasteiger partial charge in [0.05, 0.1) is 16.5 Å². The molecule has 2 aromatic rings. The van der Waals surface area contributed by atoms with E-state index >= 15 is 0 Å². The van der Waals surface area contributed by atoms with E-state index < -0.39 is 33.6 Å². The zero-order valence-corrected chi connectivity index (χ0v) is 13.8. The molecule has 0 aliphatic rings. The number of sulfonamides is 1. The summed E-state index contributed by atoms with van der Waals surface area (Å²) in [7, 11) is -2.36. The number of nitrogens with zero attached hydrogens (tertiary/aromatic N) is 1. The topological polar surface area (TPSA) is 80.5 Å². The molecule has 0 bridgehead atoms. The molecule has 0 radical (unpaired) electrons. The normalized spacial score (nSPS) is 12.7. The summed E-state index contributed by atoms with van der Waals surface area (Å²) in [5.74, 6) is -2.21. The van der Waals surface area contributed by atoms with Crippen LogP contribution in [-0.4, -0.2) is 26.3 Å². The summed E-state index contributed by atoms with van der Waals surface area (Å²) in [5, 5.41) is 5.03. The van der Waals surface area contributed by atoms with Gasteiger partial charge in [-0.1, -0.05) is 12.1 Å². The fraction of sp³-hybridized carbons (Fsp3) is 0.188. The minimum Gasteiger partial charge on any atom is -0.335 e. The van der Waals surface area contributed by atoms with E-state index in [1.54, 1.807) is 6.92 Å². The molecule has 0 spiro atoms. The summed E-state index contributed by atoms with van der Waals surface area (Å²) in [5.41, 5.74) is 0.251. The van der Waals surface area contributed by atoms with Gasteiger partial charge >= 0.3 is 0 Å². The monoisotopic (exact) mass is 354 g/mol. The molecule has 24 heavy (non-hydrogen) atoms. The number of carbonyl (C=O) groups excluding carboxylic acids is 1. The number of hydrogen-bond acceptors (Lipinski definition) is 3. The molecule has 1 atom stereocenters. The lowest BCUT2D eigenvalue weighted by molar-refractivity contribution is 0.0737. The Morgan fingerprint density at radius 2 is 1.71 bits per heavy atom. The Morgan fingerprint density at radius 1 is 1.12 bits per heavy atom. The summed E-state index contributed by atoms with van der Waals surface area (Å²) in [6.07, 6.45) is 0. The van der Waals surface area contributed by atoms with E-state index in [2.05, 4.69) is 0 Å². The fourth-order valence-electron chi connectivity index (χ4n) is 2.19. The van der Waals surface area contributed by atoms with E-state index in [1.165, 1.54) is 36.2 Å². The van der Waals surface area contributed by atoms with Crippen LogP contribution in [0.2, 0.25) is 0 Å². The number of amides is 1. The number of hydrogen-bond donors (Lipinski definition) is 1. The third-order valence-electron chi connectivity index (χ3n) is 3.75. The second kappa shape index (κ2) is 6.66. The smallest absolute Gasteiger partial charge is 0.257 e. The van der Waals surface area contributed by atoms with Crippen molar-refractivity contribution >= 4 is 15.9 Å². The summed E-state index contributed by atoms with van der Waals surface area (Å²) in [6, 6.07) is 7.83. The lowest BCUT2D eigenvalue weighted by Gasteiger charge is -2.25. The SMILES string of the molecule is CC(c1ccc(S(N)(=O)=O)cc1)N(C)C(=O)c1cc(F)ccc1F. The van der Waals surface area contributed by atoms with Gasteiger partial charge in [0.25, 0.3) is 5.91 Å². The molecular weight excluding hydrogens is 338 g/mol. The van der Waals surface area contributed by atoms with E-state index in [0.29, 0.717) is 5.56 Å². The highest BCUT2D eigenvalue weighted by molar-refractivity contribution is 7.89. The highest BCUT2D eigenvalue weighted by atomic mass is 32.2. The van der Waals surface area contributed by atoms with E-state index in [4.69, 9.17) is 5.14 Å². The Morgan fingerprint density at radius 3 is 2.25 bits per heavy atom. The number of primary sulfonamides is 1. The highest BCUT2D eigenvalue weighted by Crippen LogP contribution is 2.23. The largest absolute Gasteiger partial charge is 0.335 e. The molecule has 2 N–H and O–H groups in total. The summed E-state index contributed by atoms with van der Waals surface area (Å²) in [6.45, 7) is 1.68. The molecule has 1 amide bonds. The van der Waals surface area contributed by atoms with Crippen molar-refractivity contribution in [2.75, 3.05) is 7.05 Å². The molecule has 2 rings (SSSR count). The van der Waals surface area contributed by atoms with Crippen LogP contribution < -0.4 is 5.14 Å². The van der Waals surface area contributed by atoms with E-state index in [1.807, 2.05) is 0 Å². The Hall–Kier alpha value is -2.32. The van der Waals surface area contributed by atoms with E-state index in [0.717, 1.165) is 18.2 Å². The Kier molecular flexibility index (Phi) is 5.00. The van der Waals surface area contributed by atoms with Crippen LogP contribution >= 0.6 is 0 Å². The number of halogens is 2. The lowest BCUT2D eigenvalue weighted by atomic mass is 10.1. The fourth-order valence-corrected chi connectivity index (χ4v) is 2.70. The van der Waals surface area contributed by atoms with E-state index in [9.17, 15) is 22.0 Å². The molecule has 0 aliphatic heterocycles. The van der Waals surface area contributed by atoms with Gasteiger partial charge in [0.2, 0.25) is 10.0 Å². The lowest BCUT2D eigenvalue weighted by Crippen LogP contribution is -2.30. The number of nitrogens with two attached hydrogens (primary N) is 1. The van der Waals surface area contributed by atoms with Gasteiger partial charge in [-0.3, -0.25) is 4.79 Å². The molecule has 0 saturated heterocycles. The minimum atomic E-state index is -3.81. The zero-order valence-electron chi connectivity index (χ0n) is 13.0. The van der Waals surface area contributed by atoms with Gasteiger partial charge in [-0.25, -0.2) is 22.3 Å². The summed E-state index contributed by atoms with van der Waals surface area (Å²) in [4.78, 5) is 13.5. The first-order chi connectivity index (χ1) is 11.1. The van der Waals surface area contributed by atoms with Gasteiger partial charge < -0.3 is 4.90 Å². The van der Waals surface area contributed by atoms with Gasteiger partial charge in [-0.05, 0) is 42.8 Å². The minimum absolute atomic E-state index is 0.0522. The molecule has 128 valence electrons. The molecule has 1 unspecified atom stereocenters. The van der Waals surface area contributed by atoms with Crippen molar-refractivity contribution in [1.29, 1.82) is 0 Å². The van der Waals surface area contributed by atoms with Crippen LogP contribution in [-0.2, 0) is 10.0 Å². The van der Waals surface area contributed by atoms with Crippen LogP contribution in [0.5, 0.6) is 0 Å². The molecular formula is C16H16F2N2O3S. The maximum atomic E-state index is 13.7. The van der Waals surface area contributed by atoms with Gasteiger partial charge in [0, 0.05) is 7.05 Å². The average Bonchev–Trinajstić information content (AvgIpc) is 2.54. The molecule has 0 aliphatic carbocycles. The predicted octanol–water partition coefficient (Wildman–Crippen LogP) is 2.45. The first-order valence-electron chi connectivity index (χ1n) is 6.96. The predicted molar refractivity (Wildman–Crippen MR) is 84.7 cm³/mol. The van der Waals surface area contributed by atoms with Crippen LogP contribution in [0.15, 0.2) is 47.4 Å². The molecule has 5 nitrogen and oxygen atoms in total. The zero-order chi connectivity index (χ0) is 18.1. The van der Waals surface area contributed by atoms with Crippen molar-refractivity contribution < 1.29 is 22.0 Å². The maximum Gasteiger partial charge on any atom is 0.257 e. The van der Waals surface area contributed by atoms with Crippen molar-refractivity contribution in [2.24, 2.45) is 5.14 Å². The van der Waals surface area contributed by atoms with Crippen LogP contribution in [0, 0.1) is 11.6 Å². The highest BCUT2D eigenvalue weighted by Gasteiger charge is 2.22. The number of rotatable bonds is 4. The standard InChI is InChI=1S/C16H16F2N2O3S/c1-10(11-3-6-13(7-4-11)24(19,22)23)20(2)16(21)14-9-12(17)5-8-15(14)18/h3-10H,1-2H3,(H2,19,22,23). The molecule has 8 heteroatoms. The van der Waals surface area contributed by atoms with Crippen LogP contribution in [0.4, 0.5) is 8.78 Å². The van der Waals surface area contributed by atoms with Crippen LogP contribution in [0.3, 0.4) is 0 Å². The van der Waals surface area contributed by atoms with Crippen molar-refractivity contribution in [3.05, 3.63) is 65.2 Å². The molecule has 2 aromatic carbocycles. The molecule has 0 heterocycles. The molecule has 0 fully saturated rings. The maximum absolute atomic E-state index is 13.7. The molecule has 0 saturated carbocycles. The Labute approximate surface area is 138 Å². The quantitative estimate of drug-likeness (QED) is 0.916. The van der Waals surface area contributed by atoms with Crippen molar-refractivity contribution in [1.82, 2.24) is 4.90 Å². The molecule has 0 aromatic heterocycles. The first kappa shape index (κ1) is 18.0. The van der Waals surface area contributed by atoms with E-state index in [-0.39, 0.29) is 10.5 Å². The van der Waals surface area contributed by atoms with Crippen molar-refractivity contribution in [2.45, 2.75) is 17.9 Å². The second-order valence-corrected chi connectivity index (χ2v) is 6.89. The Balaban J connectivity index is 2.27. The van der Waals surface area contributed by atoms with Gasteiger partial charge in [-0.2, -0.15) is 0 Å². The Bertz CT molecular complexity index is 867. The van der Waals surface area contributed by atoms with Gasteiger partial charge in [0.1, 0.15) is 11.6 Å². The summed E-state index contributed by atoms with van der Waals surface area (Å²) < 4.78 is 49.5. The van der Waals surface area contributed by atoms with Crippen molar-refractivity contribution in [3.8, 4) is 0 Å². The first-order valence-corrected chi connectivity index (χ1v) is 8.51. The number of benzene rings is 2. The van der Waals surface area contributed by atoms with Crippen LogP contribution in [0.1, 0.15) is 28.9 Å². The summed E-state index contributed by atoms with van der Waals surface area (Å²) >= 11 is 0.